The molecule has 0 fully saturated rings. The second kappa shape index (κ2) is 18.4. The fraction of sp³-hybridized carbons (Fsp3) is 0.692. The first kappa shape index (κ1) is 31.1. The minimum atomic E-state index is -1.44. The van der Waals surface area contributed by atoms with Gasteiger partial charge in [0, 0.05) is 58.7 Å². The zero-order valence-corrected chi connectivity index (χ0v) is 24.6. The largest absolute Gasteiger partial charge is 0.382 e. The highest BCUT2D eigenvalue weighted by Crippen LogP contribution is 2.22. The Hall–Kier alpha value is -0.933. The molecule has 1 rings (SSSR count). The fourth-order valence-electron chi connectivity index (χ4n) is 3.61. The summed E-state index contributed by atoms with van der Waals surface area (Å²) in [5.74, 6) is 1.21. The molecule has 0 bridgehead atoms. The fourth-order valence-corrected chi connectivity index (χ4v) is 6.53. The zero-order chi connectivity index (χ0) is 25.2. The maximum absolute atomic E-state index is 12.8. The second-order valence-corrected chi connectivity index (χ2v) is 16.0. The molecule has 8 heteroatoms. The van der Waals surface area contributed by atoms with Crippen molar-refractivity contribution in [2.75, 3.05) is 50.3 Å². The van der Waals surface area contributed by atoms with E-state index in [1.54, 1.807) is 0 Å². The van der Waals surface area contributed by atoms with Gasteiger partial charge in [0.25, 0.3) is 0 Å². The van der Waals surface area contributed by atoms with Crippen LogP contribution in [0, 0.1) is 0 Å². The second-order valence-electron chi connectivity index (χ2n) is 9.31. The third-order valence-corrected chi connectivity index (χ3v) is 10.2. The maximum Gasteiger partial charge on any atom is 0.224 e. The van der Waals surface area contributed by atoms with Crippen LogP contribution in [0.1, 0.15) is 50.7 Å². The van der Waals surface area contributed by atoms with Crippen molar-refractivity contribution in [2.45, 2.75) is 71.1 Å². The van der Waals surface area contributed by atoms with Gasteiger partial charge in [-0.3, -0.25) is 4.79 Å². The number of carbonyl (C=O) groups is 1. The Morgan fingerprint density at radius 1 is 1.06 bits per heavy atom. The summed E-state index contributed by atoms with van der Waals surface area (Å²) in [4.78, 5) is 13.5. The molecule has 0 spiro atoms. The number of benzene rings is 1. The van der Waals surface area contributed by atoms with Crippen molar-refractivity contribution in [3.05, 3.63) is 29.3 Å². The van der Waals surface area contributed by atoms with Crippen LogP contribution in [0.15, 0.2) is 18.2 Å². The summed E-state index contributed by atoms with van der Waals surface area (Å²) in [7, 11) is -1.44. The van der Waals surface area contributed by atoms with E-state index in [-0.39, 0.29) is 5.91 Å². The van der Waals surface area contributed by atoms with Crippen molar-refractivity contribution in [3.63, 3.8) is 0 Å². The lowest BCUT2D eigenvalue weighted by Gasteiger charge is -2.22. The van der Waals surface area contributed by atoms with Gasteiger partial charge in [0.2, 0.25) is 5.91 Å². The third-order valence-electron chi connectivity index (χ3n) is 5.79. The number of anilines is 1. The summed E-state index contributed by atoms with van der Waals surface area (Å²) < 4.78 is 11.0. The van der Waals surface area contributed by atoms with Crippen molar-refractivity contribution >= 4 is 48.6 Å². The van der Waals surface area contributed by atoms with Crippen LogP contribution in [-0.4, -0.2) is 64.0 Å². The van der Waals surface area contributed by atoms with Gasteiger partial charge in [0.1, 0.15) is 4.99 Å². The van der Waals surface area contributed by atoms with E-state index in [4.69, 9.17) is 21.7 Å². The van der Waals surface area contributed by atoms with E-state index < -0.39 is 8.07 Å². The Kier molecular flexibility index (Phi) is 16.8. The first-order valence-corrected chi connectivity index (χ1v) is 17.9. The average molecular weight is 527 g/mol. The number of aryl methyl sites for hydroxylation is 1. The van der Waals surface area contributed by atoms with Gasteiger partial charge in [-0.2, -0.15) is 11.8 Å². The minimum absolute atomic E-state index is 0.0958. The van der Waals surface area contributed by atoms with Gasteiger partial charge in [-0.1, -0.05) is 50.4 Å². The lowest BCUT2D eigenvalue weighted by Crippen LogP contribution is -2.28. The van der Waals surface area contributed by atoms with Gasteiger partial charge in [-0.25, -0.2) is 0 Å². The molecule has 0 radical (unpaired) electrons. The molecule has 0 atom stereocenters. The highest BCUT2D eigenvalue weighted by atomic mass is 32.2. The van der Waals surface area contributed by atoms with E-state index in [0.29, 0.717) is 6.42 Å². The molecule has 0 unspecified atom stereocenters. The molecular weight excluding hydrogens is 481 g/mol. The first-order valence-electron chi connectivity index (χ1n) is 12.7. The summed E-state index contributed by atoms with van der Waals surface area (Å²) in [6.07, 6.45) is 6.65. The van der Waals surface area contributed by atoms with E-state index in [0.717, 1.165) is 92.3 Å². The van der Waals surface area contributed by atoms with Gasteiger partial charge in [-0.05, 0) is 62.3 Å². The number of hydrogen-bond acceptors (Lipinski definition) is 5. The summed E-state index contributed by atoms with van der Waals surface area (Å²) in [6.45, 7) is 12.8. The van der Waals surface area contributed by atoms with Gasteiger partial charge in [-0.15, -0.1) is 0 Å². The molecule has 0 aromatic heterocycles. The van der Waals surface area contributed by atoms with Gasteiger partial charge in [0.15, 0.2) is 0 Å². The molecule has 5 nitrogen and oxygen atoms in total. The first-order chi connectivity index (χ1) is 16.3. The number of carbonyl (C=O) groups excluding carboxylic acids is 1. The van der Waals surface area contributed by atoms with Crippen molar-refractivity contribution in [1.29, 1.82) is 0 Å². The molecule has 34 heavy (non-hydrogen) atoms. The van der Waals surface area contributed by atoms with Crippen LogP contribution in [0.2, 0.25) is 25.2 Å². The molecular formula is C26H46N2O3S2Si. The maximum atomic E-state index is 12.8. The highest BCUT2D eigenvalue weighted by Gasteiger charge is 2.21. The minimum Gasteiger partial charge on any atom is -0.382 e. The molecule has 194 valence electrons. The number of rotatable bonds is 19. The van der Waals surface area contributed by atoms with Crippen LogP contribution in [0.4, 0.5) is 5.69 Å². The standard InChI is InChI=1S/C26H46N2O3S2Si/c1-6-22-11-12-23(26(32)27-14-8-18-33-3)21-24(22)28-25(29)13-20-34(4,5)19-10-17-31-16-9-15-30-7-2/h11-12,21H,6-10,13-20H2,1-5H3,(H,27,32)(H,28,29). The predicted molar refractivity (Wildman–Crippen MR) is 155 cm³/mol. The predicted octanol–water partition coefficient (Wildman–Crippen LogP) is 6.14. The zero-order valence-electron chi connectivity index (χ0n) is 22.0. The van der Waals surface area contributed by atoms with Gasteiger partial charge < -0.3 is 20.1 Å². The number of nitrogens with one attached hydrogen (secondary N) is 2. The normalized spacial score (nSPS) is 11.4. The van der Waals surface area contributed by atoms with E-state index in [9.17, 15) is 4.79 Å². The molecule has 0 aliphatic carbocycles. The lowest BCUT2D eigenvalue weighted by molar-refractivity contribution is -0.115. The Bertz CT molecular complexity index is 732. The molecule has 1 amide bonds. The average Bonchev–Trinajstić information content (AvgIpc) is 2.82. The molecule has 2 N–H and O–H groups in total. The molecule has 1 aromatic rings. The van der Waals surface area contributed by atoms with E-state index >= 15 is 0 Å². The monoisotopic (exact) mass is 526 g/mol. The van der Waals surface area contributed by atoms with Crippen LogP contribution in [-0.2, 0) is 20.7 Å². The van der Waals surface area contributed by atoms with Crippen molar-refractivity contribution in [3.8, 4) is 0 Å². The molecule has 0 saturated heterocycles. The number of hydrogen-bond donors (Lipinski definition) is 2. The Morgan fingerprint density at radius 3 is 2.50 bits per heavy atom. The molecule has 0 aliphatic rings. The number of thioether (sulfide) groups is 1. The molecule has 1 aromatic carbocycles. The highest BCUT2D eigenvalue weighted by molar-refractivity contribution is 7.98. The van der Waals surface area contributed by atoms with E-state index in [1.807, 2.05) is 30.8 Å². The van der Waals surface area contributed by atoms with Crippen molar-refractivity contribution < 1.29 is 14.3 Å². The summed E-state index contributed by atoms with van der Waals surface area (Å²) in [6, 6.07) is 8.31. The Labute approximate surface area is 218 Å². The van der Waals surface area contributed by atoms with E-state index in [1.165, 1.54) is 6.04 Å². The van der Waals surface area contributed by atoms with E-state index in [2.05, 4.69) is 43.0 Å². The summed E-state index contributed by atoms with van der Waals surface area (Å²) in [5.41, 5.74) is 2.99. The van der Waals surface area contributed by atoms with Gasteiger partial charge in [0.05, 0.1) is 0 Å². The number of thiocarbonyl (C=S) groups is 1. The van der Waals surface area contributed by atoms with Crippen molar-refractivity contribution in [1.82, 2.24) is 5.32 Å². The van der Waals surface area contributed by atoms with Crippen LogP contribution in [0.5, 0.6) is 0 Å². The van der Waals surface area contributed by atoms with Crippen LogP contribution < -0.4 is 10.6 Å². The van der Waals surface area contributed by atoms with Crippen LogP contribution in [0.3, 0.4) is 0 Å². The lowest BCUT2D eigenvalue weighted by atomic mass is 10.1. The number of amides is 1. The van der Waals surface area contributed by atoms with Gasteiger partial charge >= 0.3 is 0 Å². The number of ether oxygens (including phenoxy) is 2. The third kappa shape index (κ3) is 13.8. The molecule has 0 aliphatic heterocycles. The van der Waals surface area contributed by atoms with Crippen LogP contribution in [0.25, 0.3) is 0 Å². The smallest absolute Gasteiger partial charge is 0.224 e. The quantitative estimate of drug-likeness (QED) is 0.128. The SMILES string of the molecule is CCOCCCOCCC[Si](C)(C)CCC(=O)Nc1cc(C(=S)NCCCSC)ccc1CC. The van der Waals surface area contributed by atoms with Crippen LogP contribution >= 0.6 is 24.0 Å². The topological polar surface area (TPSA) is 59.6 Å². The Morgan fingerprint density at radius 2 is 1.79 bits per heavy atom. The molecule has 0 heterocycles. The molecule has 0 saturated carbocycles. The summed E-state index contributed by atoms with van der Waals surface area (Å²) in [5, 5.41) is 6.49. The Balaban J connectivity index is 2.46. The summed E-state index contributed by atoms with van der Waals surface area (Å²) >= 11 is 7.41. The van der Waals surface area contributed by atoms with Crippen molar-refractivity contribution in [2.24, 2.45) is 0 Å².